The summed E-state index contributed by atoms with van der Waals surface area (Å²) < 4.78 is 3.27. The summed E-state index contributed by atoms with van der Waals surface area (Å²) in [6, 6.07) is 6.38. The zero-order chi connectivity index (χ0) is 8.72. The van der Waals surface area contributed by atoms with Gasteiger partial charge in [-0.3, -0.25) is 5.73 Å². The van der Waals surface area contributed by atoms with E-state index >= 15 is 0 Å². The molecule has 0 spiro atoms. The number of thiazole rings is 1. The lowest BCUT2D eigenvalue weighted by molar-refractivity contribution is -0.626. The Morgan fingerprint density at radius 1 is 1.42 bits per heavy atom. The van der Waals surface area contributed by atoms with E-state index in [4.69, 9.17) is 5.73 Å². The molecule has 2 nitrogen and oxygen atoms in total. The maximum atomic E-state index is 5.78. The van der Waals surface area contributed by atoms with Crippen molar-refractivity contribution in [3.63, 3.8) is 0 Å². The van der Waals surface area contributed by atoms with Crippen molar-refractivity contribution >= 4 is 26.7 Å². The van der Waals surface area contributed by atoms with Gasteiger partial charge in [-0.25, -0.2) is 4.57 Å². The number of fused-ring (bicyclic) bond motifs is 1. The Bertz CT molecular complexity index is 431. The molecule has 0 fully saturated rings. The molecule has 0 aliphatic rings. The molecule has 0 amide bonds. The van der Waals surface area contributed by atoms with Gasteiger partial charge in [0.15, 0.2) is 0 Å². The van der Waals surface area contributed by atoms with Crippen LogP contribution in [0.25, 0.3) is 10.2 Å². The van der Waals surface area contributed by atoms with Crippen LogP contribution in [0.4, 0.5) is 5.13 Å². The average molecular weight is 179 g/mol. The van der Waals surface area contributed by atoms with Crippen LogP contribution in [0.3, 0.4) is 0 Å². The van der Waals surface area contributed by atoms with Crippen LogP contribution in [0.15, 0.2) is 18.2 Å². The van der Waals surface area contributed by atoms with Crippen molar-refractivity contribution < 1.29 is 4.57 Å². The van der Waals surface area contributed by atoms with Gasteiger partial charge in [-0.15, -0.1) is 0 Å². The minimum atomic E-state index is 0.857. The summed E-state index contributed by atoms with van der Waals surface area (Å²) in [5.74, 6) is 0. The van der Waals surface area contributed by atoms with Gasteiger partial charge in [-0.2, -0.15) is 0 Å². The Balaban J connectivity index is 2.87. The van der Waals surface area contributed by atoms with E-state index in [9.17, 15) is 0 Å². The van der Waals surface area contributed by atoms with E-state index < -0.39 is 0 Å². The van der Waals surface area contributed by atoms with Gasteiger partial charge in [0.05, 0.1) is 11.7 Å². The molecule has 62 valence electrons. The molecule has 0 aliphatic carbocycles. The highest BCUT2D eigenvalue weighted by molar-refractivity contribution is 7.21. The smallest absolute Gasteiger partial charge is 0.278 e. The summed E-state index contributed by atoms with van der Waals surface area (Å²) >= 11 is 1.63. The normalized spacial score (nSPS) is 10.8. The van der Waals surface area contributed by atoms with E-state index in [1.165, 1.54) is 15.8 Å². The number of hydrogen-bond acceptors (Lipinski definition) is 2. The van der Waals surface area contributed by atoms with Gasteiger partial charge in [-0.05, 0) is 36.0 Å². The van der Waals surface area contributed by atoms with Crippen LogP contribution in [-0.4, -0.2) is 0 Å². The number of nitrogens with zero attached hydrogens (tertiary/aromatic N) is 1. The highest BCUT2D eigenvalue weighted by atomic mass is 32.1. The fourth-order valence-electron chi connectivity index (χ4n) is 1.28. The zero-order valence-corrected chi connectivity index (χ0v) is 7.98. The van der Waals surface area contributed by atoms with Gasteiger partial charge < -0.3 is 0 Å². The van der Waals surface area contributed by atoms with Gasteiger partial charge in [0.2, 0.25) is 0 Å². The predicted molar refractivity (Wildman–Crippen MR) is 52.2 cm³/mol. The molecule has 0 radical (unpaired) electrons. The second-order valence-corrected chi connectivity index (χ2v) is 4.03. The summed E-state index contributed by atoms with van der Waals surface area (Å²) in [6.45, 7) is 2.09. The first-order valence-corrected chi connectivity index (χ1v) is 4.65. The number of anilines is 1. The molecule has 0 saturated carbocycles. The van der Waals surface area contributed by atoms with Crippen LogP contribution in [0.2, 0.25) is 0 Å². The quantitative estimate of drug-likeness (QED) is 0.612. The van der Waals surface area contributed by atoms with E-state index in [2.05, 4.69) is 25.1 Å². The maximum Gasteiger partial charge on any atom is 0.332 e. The predicted octanol–water partition coefficient (Wildman–Crippen LogP) is 1.62. The molecule has 2 aromatic rings. The van der Waals surface area contributed by atoms with E-state index in [1.54, 1.807) is 11.3 Å². The zero-order valence-electron chi connectivity index (χ0n) is 7.16. The minimum Gasteiger partial charge on any atom is -0.278 e. The third-order valence-corrected chi connectivity index (χ3v) is 3.05. The molecule has 12 heavy (non-hydrogen) atoms. The van der Waals surface area contributed by atoms with Crippen molar-refractivity contribution in [2.45, 2.75) is 6.92 Å². The average Bonchev–Trinajstić information content (AvgIpc) is 2.28. The number of aromatic nitrogens is 1. The van der Waals surface area contributed by atoms with Crippen molar-refractivity contribution in [1.82, 2.24) is 0 Å². The molecule has 0 bridgehead atoms. The van der Waals surface area contributed by atoms with Crippen molar-refractivity contribution in [2.75, 3.05) is 5.73 Å². The number of rotatable bonds is 0. The third-order valence-electron chi connectivity index (χ3n) is 2.02. The molecular formula is C9H11N2S+. The van der Waals surface area contributed by atoms with Gasteiger partial charge in [-0.1, -0.05) is 6.07 Å². The fourth-order valence-corrected chi connectivity index (χ4v) is 2.29. The monoisotopic (exact) mass is 179 g/mol. The second-order valence-electron chi connectivity index (χ2n) is 2.97. The first-order valence-electron chi connectivity index (χ1n) is 3.83. The van der Waals surface area contributed by atoms with Gasteiger partial charge in [0, 0.05) is 0 Å². The number of aryl methyl sites for hydroxylation is 2. The van der Waals surface area contributed by atoms with Crippen molar-refractivity contribution in [1.29, 1.82) is 0 Å². The van der Waals surface area contributed by atoms with E-state index in [1.807, 2.05) is 11.6 Å². The number of hydrogen-bond donors (Lipinski definition) is 1. The second kappa shape index (κ2) is 2.45. The van der Waals surface area contributed by atoms with E-state index in [0.29, 0.717) is 0 Å². The Kier molecular flexibility index (Phi) is 1.54. The fraction of sp³-hybridized carbons (Fsp3) is 0.222. The Morgan fingerprint density at radius 3 is 2.92 bits per heavy atom. The summed E-state index contributed by atoms with van der Waals surface area (Å²) in [5.41, 5.74) is 8.28. The van der Waals surface area contributed by atoms with Gasteiger partial charge in [0.1, 0.15) is 5.52 Å². The lowest BCUT2D eigenvalue weighted by Crippen LogP contribution is -2.29. The van der Waals surface area contributed by atoms with Gasteiger partial charge in [0.25, 0.3) is 0 Å². The summed E-state index contributed by atoms with van der Waals surface area (Å²) in [7, 11) is 1.99. The molecule has 1 aromatic carbocycles. The Labute approximate surface area is 75.3 Å². The summed E-state index contributed by atoms with van der Waals surface area (Å²) in [5, 5.41) is 0.857. The molecule has 1 heterocycles. The van der Waals surface area contributed by atoms with Crippen molar-refractivity contribution in [3.8, 4) is 0 Å². The van der Waals surface area contributed by atoms with Crippen LogP contribution in [0.1, 0.15) is 5.56 Å². The number of nitrogen functional groups attached to an aromatic ring is 1. The van der Waals surface area contributed by atoms with Crippen LogP contribution in [0.5, 0.6) is 0 Å². The minimum absolute atomic E-state index is 0.857. The molecule has 2 rings (SSSR count). The lowest BCUT2D eigenvalue weighted by atomic mass is 10.2. The van der Waals surface area contributed by atoms with Crippen LogP contribution in [-0.2, 0) is 7.05 Å². The molecule has 2 N–H and O–H groups in total. The van der Waals surface area contributed by atoms with Crippen molar-refractivity contribution in [3.05, 3.63) is 23.8 Å². The molecule has 0 unspecified atom stereocenters. The third kappa shape index (κ3) is 0.975. The standard InChI is InChI=1S/C9H10N2S/c1-6-3-4-7-8(5-6)12-9(10)11(7)2/h3-5,10H,1-2H3/p+1. The highest BCUT2D eigenvalue weighted by Crippen LogP contribution is 2.21. The largest absolute Gasteiger partial charge is 0.332 e. The number of benzene rings is 1. The number of nitrogens with two attached hydrogens (primary N) is 1. The molecule has 0 atom stereocenters. The van der Waals surface area contributed by atoms with E-state index in [-0.39, 0.29) is 0 Å². The molecule has 3 heteroatoms. The van der Waals surface area contributed by atoms with Crippen LogP contribution < -0.4 is 10.3 Å². The highest BCUT2D eigenvalue weighted by Gasteiger charge is 2.09. The molecule has 0 saturated heterocycles. The summed E-state index contributed by atoms with van der Waals surface area (Å²) in [4.78, 5) is 0. The SMILES string of the molecule is Cc1ccc2c(c1)sc(N)[n+]2C. The van der Waals surface area contributed by atoms with Crippen LogP contribution >= 0.6 is 11.3 Å². The molecule has 1 aromatic heterocycles. The van der Waals surface area contributed by atoms with Crippen LogP contribution in [0, 0.1) is 6.92 Å². The first-order chi connectivity index (χ1) is 5.68. The summed E-state index contributed by atoms with van der Waals surface area (Å²) in [6.07, 6.45) is 0. The molecule has 0 aliphatic heterocycles. The Morgan fingerprint density at radius 2 is 2.17 bits per heavy atom. The van der Waals surface area contributed by atoms with Crippen molar-refractivity contribution in [2.24, 2.45) is 7.05 Å². The molecular weight excluding hydrogens is 168 g/mol. The first kappa shape index (κ1) is 7.55. The van der Waals surface area contributed by atoms with E-state index in [0.717, 1.165) is 5.13 Å². The topological polar surface area (TPSA) is 29.9 Å². The maximum absolute atomic E-state index is 5.78. The Hall–Kier alpha value is -1.09. The van der Waals surface area contributed by atoms with Gasteiger partial charge >= 0.3 is 5.13 Å². The lowest BCUT2D eigenvalue weighted by Gasteiger charge is -1.90.